The Bertz CT molecular complexity index is 1360. The summed E-state index contributed by atoms with van der Waals surface area (Å²) in [6, 6.07) is 0. The van der Waals surface area contributed by atoms with Crippen LogP contribution in [-0.4, -0.2) is 37.2 Å². The second-order valence-electron chi connectivity index (χ2n) is 17.4. The molecule has 0 saturated carbocycles. The lowest BCUT2D eigenvalue weighted by Crippen LogP contribution is -2.30. The van der Waals surface area contributed by atoms with Crippen molar-refractivity contribution in [2.24, 2.45) is 0 Å². The summed E-state index contributed by atoms with van der Waals surface area (Å²) in [5, 5.41) is 0. The lowest BCUT2D eigenvalue weighted by atomic mass is 10.1. The summed E-state index contributed by atoms with van der Waals surface area (Å²) in [5.41, 5.74) is 0. The van der Waals surface area contributed by atoms with Gasteiger partial charge in [-0.1, -0.05) is 200 Å². The molecule has 0 bridgehead atoms. The molecule has 67 heavy (non-hydrogen) atoms. The van der Waals surface area contributed by atoms with E-state index in [1.54, 1.807) is 0 Å². The molecule has 0 aromatic rings. The van der Waals surface area contributed by atoms with Crippen molar-refractivity contribution in [2.75, 3.05) is 13.2 Å². The van der Waals surface area contributed by atoms with Crippen LogP contribution >= 0.6 is 0 Å². The van der Waals surface area contributed by atoms with E-state index in [0.29, 0.717) is 19.3 Å². The molecule has 0 amide bonds. The van der Waals surface area contributed by atoms with E-state index in [1.165, 1.54) is 25.7 Å². The highest BCUT2D eigenvalue weighted by molar-refractivity contribution is 5.71. The highest BCUT2D eigenvalue weighted by atomic mass is 16.6. The van der Waals surface area contributed by atoms with Gasteiger partial charge < -0.3 is 14.2 Å². The van der Waals surface area contributed by atoms with E-state index >= 15 is 0 Å². The smallest absolute Gasteiger partial charge is 0.306 e. The number of rotatable bonds is 47. The van der Waals surface area contributed by atoms with Gasteiger partial charge in [-0.15, -0.1) is 0 Å². The maximum Gasteiger partial charge on any atom is 0.306 e. The molecule has 0 heterocycles. The first-order chi connectivity index (χ1) is 33.0. The van der Waals surface area contributed by atoms with Crippen molar-refractivity contribution in [2.45, 2.75) is 232 Å². The van der Waals surface area contributed by atoms with Crippen molar-refractivity contribution in [3.63, 3.8) is 0 Å². The normalized spacial score (nSPS) is 12.7. The predicted molar refractivity (Wildman–Crippen MR) is 288 cm³/mol. The Hall–Kier alpha value is -4.19. The quantitative estimate of drug-likeness (QED) is 0.0262. The van der Waals surface area contributed by atoms with E-state index in [0.717, 1.165) is 161 Å². The maximum absolute atomic E-state index is 12.8. The Morgan fingerprint density at radius 2 is 0.582 bits per heavy atom. The van der Waals surface area contributed by atoms with Crippen molar-refractivity contribution in [1.82, 2.24) is 0 Å². The first kappa shape index (κ1) is 62.8. The van der Waals surface area contributed by atoms with Crippen LogP contribution in [0.4, 0.5) is 0 Å². The van der Waals surface area contributed by atoms with E-state index in [-0.39, 0.29) is 31.1 Å². The fourth-order valence-corrected chi connectivity index (χ4v) is 6.92. The largest absolute Gasteiger partial charge is 0.462 e. The van der Waals surface area contributed by atoms with Crippen LogP contribution in [0.1, 0.15) is 226 Å². The number of hydrogen-bond donors (Lipinski definition) is 0. The third-order valence-corrected chi connectivity index (χ3v) is 10.9. The topological polar surface area (TPSA) is 78.9 Å². The molecule has 0 aromatic heterocycles. The zero-order valence-electron chi connectivity index (χ0n) is 43.1. The molecule has 6 heteroatoms. The average molecular weight is 927 g/mol. The summed E-state index contributed by atoms with van der Waals surface area (Å²) in [5.74, 6) is -0.972. The second-order valence-corrected chi connectivity index (χ2v) is 17.4. The summed E-state index contributed by atoms with van der Waals surface area (Å²) >= 11 is 0. The van der Waals surface area contributed by atoms with E-state index in [4.69, 9.17) is 14.2 Å². The second kappa shape index (κ2) is 54.4. The molecule has 378 valence electrons. The van der Waals surface area contributed by atoms with Gasteiger partial charge in [0.1, 0.15) is 13.2 Å². The van der Waals surface area contributed by atoms with Crippen LogP contribution in [0.25, 0.3) is 0 Å². The molecule has 0 aliphatic heterocycles. The number of allylic oxidation sites excluding steroid dienone is 20. The number of carbonyl (C=O) groups excluding carboxylic acids is 3. The van der Waals surface area contributed by atoms with Gasteiger partial charge in [0.15, 0.2) is 6.10 Å². The molecular weight excluding hydrogens is 829 g/mol. The first-order valence-electron chi connectivity index (χ1n) is 27.0. The minimum absolute atomic E-state index is 0.108. The molecule has 0 N–H and O–H groups in total. The Balaban J connectivity index is 4.52. The molecule has 0 aromatic carbocycles. The molecule has 0 saturated heterocycles. The van der Waals surface area contributed by atoms with Gasteiger partial charge in [-0.05, 0) is 128 Å². The summed E-state index contributed by atoms with van der Waals surface area (Å²) in [4.78, 5) is 38.1. The van der Waals surface area contributed by atoms with Crippen LogP contribution in [0, 0.1) is 0 Å². The van der Waals surface area contributed by atoms with Crippen LogP contribution in [0.2, 0.25) is 0 Å². The lowest BCUT2D eigenvalue weighted by Gasteiger charge is -2.18. The zero-order chi connectivity index (χ0) is 48.6. The van der Waals surface area contributed by atoms with Crippen molar-refractivity contribution in [1.29, 1.82) is 0 Å². The Labute approximate surface area is 412 Å². The van der Waals surface area contributed by atoms with Gasteiger partial charge in [0.05, 0.1) is 0 Å². The van der Waals surface area contributed by atoms with Gasteiger partial charge in [0.2, 0.25) is 0 Å². The van der Waals surface area contributed by atoms with Crippen molar-refractivity contribution in [3.05, 3.63) is 122 Å². The maximum atomic E-state index is 12.8. The highest BCUT2D eigenvalue weighted by Gasteiger charge is 2.19. The van der Waals surface area contributed by atoms with Crippen LogP contribution in [0.15, 0.2) is 122 Å². The minimum atomic E-state index is -0.810. The molecular formula is C61H98O6. The van der Waals surface area contributed by atoms with Gasteiger partial charge in [-0.2, -0.15) is 0 Å². The molecule has 0 spiro atoms. The summed E-state index contributed by atoms with van der Waals surface area (Å²) < 4.78 is 16.8. The number of hydrogen-bond acceptors (Lipinski definition) is 6. The van der Waals surface area contributed by atoms with Gasteiger partial charge in [-0.3, -0.25) is 14.4 Å². The van der Waals surface area contributed by atoms with Gasteiger partial charge in [0, 0.05) is 19.3 Å². The van der Waals surface area contributed by atoms with Crippen LogP contribution < -0.4 is 0 Å². The van der Waals surface area contributed by atoms with Gasteiger partial charge in [0.25, 0.3) is 0 Å². The molecule has 0 radical (unpaired) electrons. The van der Waals surface area contributed by atoms with Gasteiger partial charge in [-0.25, -0.2) is 0 Å². The monoisotopic (exact) mass is 927 g/mol. The SMILES string of the molecule is CC/C=C\C/C=C\C/C=C\C/C=C\CCCCCCC(=O)OCC(COC(=O)CCCCCC/C=C\C/C=C\C/C=C\C/C=C\CC)OC(=O)CCCCCCC/C=C\C/C=C\CCCCC. The Morgan fingerprint density at radius 3 is 0.910 bits per heavy atom. The molecule has 0 rings (SSSR count). The number of ether oxygens (including phenoxy) is 3. The number of unbranched alkanes of at least 4 members (excludes halogenated alkanes) is 16. The van der Waals surface area contributed by atoms with E-state index in [1.807, 2.05) is 0 Å². The van der Waals surface area contributed by atoms with Crippen molar-refractivity contribution >= 4 is 17.9 Å². The predicted octanol–water partition coefficient (Wildman–Crippen LogP) is 18.1. The number of esters is 3. The first-order valence-corrected chi connectivity index (χ1v) is 27.0. The third-order valence-electron chi connectivity index (χ3n) is 10.9. The van der Waals surface area contributed by atoms with Crippen molar-refractivity contribution < 1.29 is 28.6 Å². The molecule has 0 unspecified atom stereocenters. The molecule has 0 atom stereocenters. The standard InChI is InChI=1S/C61H98O6/c1-4-7-10-13-16-19-22-25-28-30-33-35-38-41-44-47-50-53-59(62)65-56-58(67-61(64)55-52-49-46-43-40-37-32-27-24-21-18-15-12-9-6-3)57-66-60(63)54-51-48-45-42-39-36-34-31-29-26-23-20-17-14-11-8-5-2/h7-8,10-11,16-21,25-29,32-36,58H,4-6,9,12-15,22-24,30-31,37-57H2,1-3H3/b10-7-,11-8-,19-16-,20-17-,21-18-,28-25-,29-26-,32-27-,35-33-,36-34-. The fraction of sp³-hybridized carbons (Fsp3) is 0.623. The van der Waals surface area contributed by atoms with Gasteiger partial charge >= 0.3 is 17.9 Å². The summed E-state index contributed by atoms with van der Waals surface area (Å²) in [7, 11) is 0. The lowest BCUT2D eigenvalue weighted by molar-refractivity contribution is -0.167. The van der Waals surface area contributed by atoms with E-state index < -0.39 is 6.10 Å². The molecule has 0 aliphatic carbocycles. The van der Waals surface area contributed by atoms with E-state index in [2.05, 4.69) is 142 Å². The molecule has 0 aliphatic rings. The third kappa shape index (κ3) is 52.6. The fourth-order valence-electron chi connectivity index (χ4n) is 6.92. The van der Waals surface area contributed by atoms with Crippen LogP contribution in [-0.2, 0) is 28.6 Å². The van der Waals surface area contributed by atoms with Crippen LogP contribution in [0.5, 0.6) is 0 Å². The summed E-state index contributed by atoms with van der Waals surface area (Å²) in [6.45, 7) is 6.32. The van der Waals surface area contributed by atoms with Crippen LogP contribution in [0.3, 0.4) is 0 Å². The minimum Gasteiger partial charge on any atom is -0.462 e. The Morgan fingerprint density at radius 1 is 0.313 bits per heavy atom. The highest BCUT2D eigenvalue weighted by Crippen LogP contribution is 2.13. The summed E-state index contributed by atoms with van der Waals surface area (Å²) in [6.07, 6.45) is 74.6. The number of carbonyl (C=O) groups is 3. The Kier molecular flexibility index (Phi) is 51.0. The molecule has 0 fully saturated rings. The molecule has 6 nitrogen and oxygen atoms in total. The van der Waals surface area contributed by atoms with E-state index in [9.17, 15) is 14.4 Å². The zero-order valence-corrected chi connectivity index (χ0v) is 43.1. The van der Waals surface area contributed by atoms with Crippen molar-refractivity contribution in [3.8, 4) is 0 Å². The average Bonchev–Trinajstić information content (AvgIpc) is 3.33.